The van der Waals surface area contributed by atoms with E-state index in [1.165, 1.54) is 12.1 Å². The first-order valence-electron chi connectivity index (χ1n) is 8.92. The lowest BCUT2D eigenvalue weighted by Crippen LogP contribution is -2.22. The van der Waals surface area contributed by atoms with E-state index in [0.717, 1.165) is 0 Å². The molecule has 1 heterocycles. The average molecular weight is 463 g/mol. The molecule has 2 aromatic carbocycles. The standard InChI is InChI=1S/C20H12F3N3O7/c21-20(22,23)13-2-3-14(15(7-13)26(29)30)25-18(27)9-31-19(28)12(8-24)5-11-1-4-16-17(6-11)33-10-32-16/h1-7H,9-10H2,(H,25,27)/b12-5-. The molecule has 0 radical (unpaired) electrons. The maximum Gasteiger partial charge on any atom is 0.416 e. The number of alkyl halides is 3. The molecular formula is C20H12F3N3O7. The number of carbonyl (C=O) groups excluding carboxylic acids is 2. The molecule has 1 amide bonds. The summed E-state index contributed by atoms with van der Waals surface area (Å²) < 4.78 is 53.3. The van der Waals surface area contributed by atoms with Gasteiger partial charge >= 0.3 is 12.1 Å². The number of rotatable bonds is 6. The average Bonchev–Trinajstić information content (AvgIpc) is 3.23. The van der Waals surface area contributed by atoms with Gasteiger partial charge in [-0.05, 0) is 35.9 Å². The summed E-state index contributed by atoms with van der Waals surface area (Å²) in [6.07, 6.45) is -3.64. The Kier molecular flexibility index (Phi) is 6.48. The Morgan fingerprint density at radius 2 is 1.94 bits per heavy atom. The Hall–Kier alpha value is -4.60. The third-order valence-corrected chi connectivity index (χ3v) is 4.18. The van der Waals surface area contributed by atoms with Crippen LogP contribution in [0, 0.1) is 21.4 Å². The maximum atomic E-state index is 12.8. The van der Waals surface area contributed by atoms with Gasteiger partial charge in [-0.3, -0.25) is 14.9 Å². The Morgan fingerprint density at radius 3 is 2.61 bits per heavy atom. The zero-order valence-electron chi connectivity index (χ0n) is 16.3. The van der Waals surface area contributed by atoms with Crippen molar-refractivity contribution in [2.45, 2.75) is 6.18 Å². The lowest BCUT2D eigenvalue weighted by molar-refractivity contribution is -0.384. The molecule has 0 fully saturated rings. The molecule has 13 heteroatoms. The van der Waals surface area contributed by atoms with Crippen LogP contribution in [-0.2, 0) is 20.5 Å². The van der Waals surface area contributed by atoms with Crippen molar-refractivity contribution in [2.75, 3.05) is 18.7 Å². The van der Waals surface area contributed by atoms with E-state index in [0.29, 0.717) is 29.2 Å². The highest BCUT2D eigenvalue weighted by atomic mass is 19.4. The number of hydrogen-bond acceptors (Lipinski definition) is 8. The molecule has 2 aromatic rings. The van der Waals surface area contributed by atoms with Crippen LogP contribution in [0.25, 0.3) is 6.08 Å². The molecule has 0 aliphatic carbocycles. The molecule has 1 N–H and O–H groups in total. The van der Waals surface area contributed by atoms with E-state index in [4.69, 9.17) is 14.2 Å². The number of nitro groups is 1. The number of anilines is 1. The minimum Gasteiger partial charge on any atom is -0.454 e. The summed E-state index contributed by atoms with van der Waals surface area (Å²) in [6.45, 7) is -0.918. The first-order valence-corrected chi connectivity index (χ1v) is 8.92. The predicted octanol–water partition coefficient (Wildman–Crippen LogP) is 3.43. The smallest absolute Gasteiger partial charge is 0.416 e. The number of fused-ring (bicyclic) bond motifs is 1. The van der Waals surface area contributed by atoms with Crippen molar-refractivity contribution in [3.63, 3.8) is 0 Å². The van der Waals surface area contributed by atoms with Gasteiger partial charge in [-0.15, -0.1) is 0 Å². The number of nitrogens with zero attached hydrogens (tertiary/aromatic N) is 2. The van der Waals surface area contributed by atoms with E-state index in [1.807, 2.05) is 5.32 Å². The summed E-state index contributed by atoms with van der Waals surface area (Å²) in [4.78, 5) is 34.1. The van der Waals surface area contributed by atoms with Crippen molar-refractivity contribution in [2.24, 2.45) is 0 Å². The van der Waals surface area contributed by atoms with Crippen LogP contribution in [0.15, 0.2) is 42.0 Å². The van der Waals surface area contributed by atoms with Crippen LogP contribution in [0.3, 0.4) is 0 Å². The first-order chi connectivity index (χ1) is 15.6. The fourth-order valence-electron chi connectivity index (χ4n) is 2.67. The van der Waals surface area contributed by atoms with Gasteiger partial charge in [0, 0.05) is 6.07 Å². The van der Waals surface area contributed by atoms with Crippen molar-refractivity contribution in [1.82, 2.24) is 0 Å². The van der Waals surface area contributed by atoms with Crippen molar-refractivity contribution < 1.29 is 41.9 Å². The molecule has 33 heavy (non-hydrogen) atoms. The Balaban J connectivity index is 1.66. The highest BCUT2D eigenvalue weighted by molar-refractivity contribution is 6.00. The van der Waals surface area contributed by atoms with E-state index in [9.17, 15) is 38.1 Å². The Labute approximate surface area is 182 Å². The lowest BCUT2D eigenvalue weighted by Gasteiger charge is -2.10. The number of ether oxygens (including phenoxy) is 3. The Morgan fingerprint density at radius 1 is 1.21 bits per heavy atom. The molecule has 0 spiro atoms. The number of hydrogen-bond donors (Lipinski definition) is 1. The van der Waals surface area contributed by atoms with Crippen LogP contribution in [0.5, 0.6) is 11.5 Å². The van der Waals surface area contributed by atoms with Crippen molar-refractivity contribution in [3.8, 4) is 17.6 Å². The van der Waals surface area contributed by atoms with Gasteiger partial charge < -0.3 is 19.5 Å². The third-order valence-electron chi connectivity index (χ3n) is 4.18. The second-order valence-corrected chi connectivity index (χ2v) is 6.39. The van der Waals surface area contributed by atoms with Crippen LogP contribution >= 0.6 is 0 Å². The number of nitro benzene ring substituents is 1. The largest absolute Gasteiger partial charge is 0.454 e. The summed E-state index contributed by atoms with van der Waals surface area (Å²) in [5.41, 5.74) is -2.83. The molecule has 170 valence electrons. The first kappa shape index (κ1) is 23.1. The number of nitrogens with one attached hydrogen (secondary N) is 1. The molecule has 0 aromatic heterocycles. The van der Waals surface area contributed by atoms with E-state index < -0.39 is 52.1 Å². The minimum atomic E-state index is -4.82. The van der Waals surface area contributed by atoms with Crippen LogP contribution in [0.1, 0.15) is 11.1 Å². The van der Waals surface area contributed by atoms with Crippen LogP contribution in [-0.4, -0.2) is 30.2 Å². The van der Waals surface area contributed by atoms with Crippen molar-refractivity contribution >= 4 is 29.3 Å². The summed E-state index contributed by atoms with van der Waals surface area (Å²) in [6, 6.07) is 7.79. The zero-order valence-corrected chi connectivity index (χ0v) is 16.3. The van der Waals surface area contributed by atoms with Gasteiger partial charge in [-0.25, -0.2) is 4.79 Å². The summed E-state index contributed by atoms with van der Waals surface area (Å²) in [5, 5.41) is 22.3. The summed E-state index contributed by atoms with van der Waals surface area (Å²) in [7, 11) is 0. The van der Waals surface area contributed by atoms with Crippen LogP contribution in [0.2, 0.25) is 0 Å². The van der Waals surface area contributed by atoms with Gasteiger partial charge in [0.15, 0.2) is 18.1 Å². The molecule has 1 aliphatic heterocycles. The normalized spacial score (nSPS) is 12.6. The number of benzene rings is 2. The number of esters is 1. The minimum absolute atomic E-state index is 0.0296. The molecule has 1 aliphatic rings. The highest BCUT2D eigenvalue weighted by Crippen LogP contribution is 2.35. The van der Waals surface area contributed by atoms with Crippen molar-refractivity contribution in [3.05, 3.63) is 63.2 Å². The fraction of sp³-hybridized carbons (Fsp3) is 0.150. The van der Waals surface area contributed by atoms with Gasteiger partial charge in [0.1, 0.15) is 17.3 Å². The van der Waals surface area contributed by atoms with E-state index in [1.54, 1.807) is 18.2 Å². The third kappa shape index (κ3) is 5.56. The monoisotopic (exact) mass is 463 g/mol. The van der Waals surface area contributed by atoms with Gasteiger partial charge in [0.2, 0.25) is 6.79 Å². The molecule has 0 bridgehead atoms. The molecule has 0 saturated carbocycles. The van der Waals surface area contributed by atoms with E-state index in [2.05, 4.69) is 0 Å². The Bertz CT molecular complexity index is 1200. The second-order valence-electron chi connectivity index (χ2n) is 6.39. The number of nitriles is 1. The lowest BCUT2D eigenvalue weighted by atomic mass is 10.1. The second kappa shape index (κ2) is 9.27. The summed E-state index contributed by atoms with van der Waals surface area (Å²) in [5.74, 6) is -1.33. The van der Waals surface area contributed by atoms with E-state index >= 15 is 0 Å². The molecule has 3 rings (SSSR count). The molecular weight excluding hydrogens is 451 g/mol. The quantitative estimate of drug-likeness (QED) is 0.226. The highest BCUT2D eigenvalue weighted by Gasteiger charge is 2.33. The van der Waals surface area contributed by atoms with Gasteiger partial charge in [-0.1, -0.05) is 6.07 Å². The molecule has 0 unspecified atom stereocenters. The van der Waals surface area contributed by atoms with Gasteiger partial charge in [0.25, 0.3) is 11.6 Å². The molecule has 10 nitrogen and oxygen atoms in total. The van der Waals surface area contributed by atoms with E-state index in [-0.39, 0.29) is 12.9 Å². The number of carbonyl (C=O) groups is 2. The van der Waals surface area contributed by atoms with Crippen LogP contribution < -0.4 is 14.8 Å². The SMILES string of the molecule is N#C/C(=C/c1ccc2c(c1)OCO2)C(=O)OCC(=O)Nc1ccc(C(F)(F)F)cc1[N+](=O)[O-]. The number of amides is 1. The molecule has 0 atom stereocenters. The number of halogens is 3. The topological polar surface area (TPSA) is 141 Å². The van der Waals surface area contributed by atoms with Gasteiger partial charge in [0.05, 0.1) is 10.5 Å². The zero-order chi connectivity index (χ0) is 24.2. The molecule has 0 saturated heterocycles. The van der Waals surface area contributed by atoms with Crippen molar-refractivity contribution in [1.29, 1.82) is 5.26 Å². The fourth-order valence-corrected chi connectivity index (χ4v) is 2.67. The van der Waals surface area contributed by atoms with Gasteiger partial charge in [-0.2, -0.15) is 18.4 Å². The maximum absolute atomic E-state index is 12.8. The predicted molar refractivity (Wildman–Crippen MR) is 104 cm³/mol. The van der Waals surface area contributed by atoms with Crippen LogP contribution in [0.4, 0.5) is 24.5 Å². The summed E-state index contributed by atoms with van der Waals surface area (Å²) >= 11 is 0.